The normalized spacial score (nSPS) is 12.2. The Kier molecular flexibility index (Phi) is 6.23. The first-order valence-corrected chi connectivity index (χ1v) is 6.53. The number of benzene rings is 1. The molecule has 0 radical (unpaired) electrons. The third-order valence-electron chi connectivity index (χ3n) is 2.99. The first kappa shape index (κ1) is 17.0. The molecule has 0 saturated heterocycles. The molecule has 0 aliphatic carbocycles. The minimum atomic E-state index is -0.950. The molecule has 0 aliphatic rings. The van der Waals surface area contributed by atoms with Gasteiger partial charge >= 0.3 is 5.97 Å². The minimum absolute atomic E-state index is 0.0273. The largest absolute Gasteiger partial charge is 0.481 e. The van der Waals surface area contributed by atoms with Gasteiger partial charge in [0.15, 0.2) is 0 Å². The first-order chi connectivity index (χ1) is 9.81. The van der Waals surface area contributed by atoms with E-state index in [0.717, 1.165) is 12.1 Å². The molecular formula is C14H18F2N2O3. The summed E-state index contributed by atoms with van der Waals surface area (Å²) in [5.41, 5.74) is 0.0273. The summed E-state index contributed by atoms with van der Waals surface area (Å²) in [6.07, 6.45) is -0.0876. The third-order valence-corrected chi connectivity index (χ3v) is 2.99. The molecule has 1 aromatic carbocycles. The number of anilines is 1. The SMILES string of the molecule is CCN(CC(=O)Nc1cc(F)cc(F)c1)C(C)CC(=O)O. The highest BCUT2D eigenvalue weighted by Crippen LogP contribution is 2.13. The zero-order valence-electron chi connectivity index (χ0n) is 11.9. The second kappa shape index (κ2) is 7.68. The zero-order chi connectivity index (χ0) is 16.0. The van der Waals surface area contributed by atoms with Crippen LogP contribution in [0.25, 0.3) is 0 Å². The molecule has 0 fully saturated rings. The molecule has 0 saturated carbocycles. The Morgan fingerprint density at radius 3 is 2.33 bits per heavy atom. The Bertz CT molecular complexity index is 503. The van der Waals surface area contributed by atoms with Gasteiger partial charge in [0.1, 0.15) is 11.6 Å². The van der Waals surface area contributed by atoms with Crippen LogP contribution in [0.1, 0.15) is 20.3 Å². The monoisotopic (exact) mass is 300 g/mol. The predicted molar refractivity (Wildman–Crippen MR) is 73.9 cm³/mol. The average molecular weight is 300 g/mol. The number of hydrogen-bond donors (Lipinski definition) is 2. The summed E-state index contributed by atoms with van der Waals surface area (Å²) in [5.74, 6) is -2.97. The van der Waals surface area contributed by atoms with E-state index in [1.165, 1.54) is 0 Å². The Hall–Kier alpha value is -2.02. The third kappa shape index (κ3) is 5.86. The van der Waals surface area contributed by atoms with Crippen LogP contribution in [0.3, 0.4) is 0 Å². The lowest BCUT2D eigenvalue weighted by Gasteiger charge is -2.25. The number of carboxylic acid groups (broad SMARTS) is 1. The summed E-state index contributed by atoms with van der Waals surface area (Å²) in [7, 11) is 0. The van der Waals surface area contributed by atoms with Crippen molar-refractivity contribution < 1.29 is 23.5 Å². The molecule has 0 aliphatic heterocycles. The average Bonchev–Trinajstić information content (AvgIpc) is 2.33. The van der Waals surface area contributed by atoms with E-state index in [9.17, 15) is 18.4 Å². The maximum atomic E-state index is 13.0. The van der Waals surface area contributed by atoms with E-state index >= 15 is 0 Å². The summed E-state index contributed by atoms with van der Waals surface area (Å²) in [5, 5.41) is 11.1. The number of rotatable bonds is 7. The van der Waals surface area contributed by atoms with Crippen molar-refractivity contribution in [3.63, 3.8) is 0 Å². The standard InChI is InChI=1S/C14H18F2N2O3/c1-3-18(9(2)4-14(20)21)8-13(19)17-12-6-10(15)5-11(16)7-12/h5-7,9H,3-4,8H2,1-2H3,(H,17,19)(H,20,21). The maximum Gasteiger partial charge on any atom is 0.304 e. The van der Waals surface area contributed by atoms with E-state index in [2.05, 4.69) is 5.32 Å². The van der Waals surface area contributed by atoms with Crippen LogP contribution in [-0.4, -0.2) is 41.0 Å². The minimum Gasteiger partial charge on any atom is -0.481 e. The van der Waals surface area contributed by atoms with Gasteiger partial charge in [-0.25, -0.2) is 8.78 Å². The Labute approximate surface area is 121 Å². The van der Waals surface area contributed by atoms with Gasteiger partial charge in [0, 0.05) is 17.8 Å². The van der Waals surface area contributed by atoms with E-state index in [-0.39, 0.29) is 24.7 Å². The van der Waals surface area contributed by atoms with E-state index in [1.54, 1.807) is 18.7 Å². The van der Waals surface area contributed by atoms with E-state index in [1.807, 2.05) is 0 Å². The fourth-order valence-corrected chi connectivity index (χ4v) is 1.97. The van der Waals surface area contributed by atoms with Crippen LogP contribution < -0.4 is 5.32 Å². The van der Waals surface area contributed by atoms with Crippen LogP contribution in [0.5, 0.6) is 0 Å². The number of hydrogen-bond acceptors (Lipinski definition) is 3. The summed E-state index contributed by atoms with van der Waals surface area (Å²) < 4.78 is 26.0. The Balaban J connectivity index is 2.64. The number of likely N-dealkylation sites (N-methyl/N-ethyl adjacent to an activating group) is 1. The molecule has 5 nitrogen and oxygen atoms in total. The fraction of sp³-hybridized carbons (Fsp3) is 0.429. The van der Waals surface area contributed by atoms with Gasteiger partial charge in [-0.1, -0.05) is 6.92 Å². The summed E-state index contributed by atoms with van der Waals surface area (Å²) in [6.45, 7) is 3.93. The van der Waals surface area contributed by atoms with Gasteiger partial charge in [-0.15, -0.1) is 0 Å². The topological polar surface area (TPSA) is 69.6 Å². The smallest absolute Gasteiger partial charge is 0.304 e. The lowest BCUT2D eigenvalue weighted by atomic mass is 10.2. The molecule has 21 heavy (non-hydrogen) atoms. The second-order valence-corrected chi connectivity index (χ2v) is 4.72. The van der Waals surface area contributed by atoms with Crippen LogP contribution in [0, 0.1) is 11.6 Å². The van der Waals surface area contributed by atoms with Crippen LogP contribution in [0.2, 0.25) is 0 Å². The van der Waals surface area contributed by atoms with Crippen LogP contribution >= 0.6 is 0 Å². The van der Waals surface area contributed by atoms with Crippen molar-refractivity contribution >= 4 is 17.6 Å². The number of carboxylic acids is 1. The number of carbonyl (C=O) groups is 2. The molecule has 2 N–H and O–H groups in total. The molecule has 0 bridgehead atoms. The van der Waals surface area contributed by atoms with Crippen molar-refractivity contribution in [1.29, 1.82) is 0 Å². The van der Waals surface area contributed by atoms with Crippen LogP contribution in [0.15, 0.2) is 18.2 Å². The molecule has 1 aromatic rings. The zero-order valence-corrected chi connectivity index (χ0v) is 11.9. The summed E-state index contributed by atoms with van der Waals surface area (Å²) in [4.78, 5) is 24.2. The predicted octanol–water partition coefficient (Wildman–Crippen LogP) is 2.09. The van der Waals surface area contributed by atoms with Gasteiger partial charge in [0.2, 0.25) is 5.91 Å². The lowest BCUT2D eigenvalue weighted by Crippen LogP contribution is -2.40. The summed E-state index contributed by atoms with van der Waals surface area (Å²) >= 11 is 0. The number of nitrogens with one attached hydrogen (secondary N) is 1. The molecule has 1 rings (SSSR count). The van der Waals surface area contributed by atoms with Crippen LogP contribution in [-0.2, 0) is 9.59 Å². The molecule has 1 amide bonds. The van der Waals surface area contributed by atoms with Gasteiger partial charge in [0.25, 0.3) is 0 Å². The van der Waals surface area contributed by atoms with Gasteiger partial charge in [-0.3, -0.25) is 14.5 Å². The highest BCUT2D eigenvalue weighted by molar-refractivity contribution is 5.92. The molecular weight excluding hydrogens is 282 g/mol. The van der Waals surface area contributed by atoms with E-state index < -0.39 is 23.5 Å². The van der Waals surface area contributed by atoms with Crippen molar-refractivity contribution in [3.8, 4) is 0 Å². The van der Waals surface area contributed by atoms with Gasteiger partial charge in [0.05, 0.1) is 13.0 Å². The number of nitrogens with zero attached hydrogens (tertiary/aromatic N) is 1. The van der Waals surface area contributed by atoms with Crippen molar-refractivity contribution in [3.05, 3.63) is 29.8 Å². The lowest BCUT2D eigenvalue weighted by molar-refractivity contribution is -0.138. The number of carbonyl (C=O) groups excluding carboxylic acids is 1. The second-order valence-electron chi connectivity index (χ2n) is 4.72. The van der Waals surface area contributed by atoms with Gasteiger partial charge in [-0.2, -0.15) is 0 Å². The number of amides is 1. The van der Waals surface area contributed by atoms with Crippen molar-refractivity contribution in [1.82, 2.24) is 4.90 Å². The molecule has 1 atom stereocenters. The molecule has 0 aromatic heterocycles. The highest BCUT2D eigenvalue weighted by atomic mass is 19.1. The van der Waals surface area contributed by atoms with Crippen molar-refractivity contribution in [2.24, 2.45) is 0 Å². The summed E-state index contributed by atoms with van der Waals surface area (Å²) in [6, 6.07) is 2.42. The first-order valence-electron chi connectivity index (χ1n) is 6.53. The Morgan fingerprint density at radius 2 is 1.86 bits per heavy atom. The van der Waals surface area contributed by atoms with Crippen LogP contribution in [0.4, 0.5) is 14.5 Å². The van der Waals surface area contributed by atoms with E-state index in [0.29, 0.717) is 12.6 Å². The van der Waals surface area contributed by atoms with Gasteiger partial charge < -0.3 is 10.4 Å². The molecule has 1 unspecified atom stereocenters. The number of aliphatic carboxylic acids is 1. The quantitative estimate of drug-likeness (QED) is 0.809. The van der Waals surface area contributed by atoms with E-state index in [4.69, 9.17) is 5.11 Å². The molecule has 0 spiro atoms. The molecule has 7 heteroatoms. The van der Waals surface area contributed by atoms with Crippen molar-refractivity contribution in [2.75, 3.05) is 18.4 Å². The van der Waals surface area contributed by atoms with Crippen molar-refractivity contribution in [2.45, 2.75) is 26.3 Å². The highest BCUT2D eigenvalue weighted by Gasteiger charge is 2.18. The van der Waals surface area contributed by atoms with Gasteiger partial charge in [-0.05, 0) is 25.6 Å². The number of halogens is 2. The Morgan fingerprint density at radius 1 is 1.29 bits per heavy atom. The molecule has 116 valence electrons. The maximum absolute atomic E-state index is 13.0. The fourth-order valence-electron chi connectivity index (χ4n) is 1.97. The molecule has 0 heterocycles.